The molecular weight excluding hydrogens is 347 g/mol. The molecule has 1 amide bonds. The first-order valence-electron chi connectivity index (χ1n) is 5.68. The van der Waals surface area contributed by atoms with Crippen LogP contribution in [0, 0.1) is 18.3 Å². The normalized spacial score (nSPS) is 9.48. The molecule has 0 aliphatic carbocycles. The highest BCUT2D eigenvalue weighted by Gasteiger charge is 2.18. The van der Waals surface area contributed by atoms with E-state index in [0.29, 0.717) is 15.6 Å². The van der Waals surface area contributed by atoms with E-state index < -0.39 is 0 Å². The first kappa shape index (κ1) is 17.9. The number of rotatable bonds is 2. The van der Waals surface area contributed by atoms with Gasteiger partial charge < -0.3 is 5.73 Å². The monoisotopic (exact) mass is 358 g/mol. The molecule has 0 bridgehead atoms. The summed E-state index contributed by atoms with van der Waals surface area (Å²) < 4.78 is 1.02. The Bertz CT molecular complexity index is 693. The van der Waals surface area contributed by atoms with Crippen LogP contribution in [0.15, 0.2) is 22.4 Å². The van der Waals surface area contributed by atoms with Gasteiger partial charge in [0.15, 0.2) is 0 Å². The van der Waals surface area contributed by atoms with E-state index in [1.54, 1.807) is 35.2 Å². The SMILES string of the molecule is CSc1sc(C)c(-c2ccc(Cl)cc2Cl)c1C#N.NC=O. The maximum atomic E-state index is 9.32. The number of nitrogens with zero attached hydrogens (tertiary/aromatic N) is 1. The van der Waals surface area contributed by atoms with Crippen LogP contribution in [0.5, 0.6) is 0 Å². The van der Waals surface area contributed by atoms with Crippen molar-refractivity contribution in [1.82, 2.24) is 0 Å². The molecule has 0 radical (unpaired) electrons. The van der Waals surface area contributed by atoms with Gasteiger partial charge in [0.25, 0.3) is 0 Å². The van der Waals surface area contributed by atoms with Crippen LogP contribution >= 0.6 is 46.3 Å². The third kappa shape index (κ3) is 4.14. The summed E-state index contributed by atoms with van der Waals surface area (Å²) in [5.74, 6) is 0. The van der Waals surface area contributed by atoms with Crippen LogP contribution in [0.4, 0.5) is 0 Å². The van der Waals surface area contributed by atoms with Crippen LogP contribution < -0.4 is 5.73 Å². The zero-order chi connectivity index (χ0) is 16.0. The number of carbonyl (C=O) groups is 1. The van der Waals surface area contributed by atoms with Crippen molar-refractivity contribution in [3.05, 3.63) is 38.7 Å². The van der Waals surface area contributed by atoms with Crippen molar-refractivity contribution in [2.45, 2.75) is 11.1 Å². The molecule has 0 spiro atoms. The largest absolute Gasteiger partial charge is 0.372 e. The van der Waals surface area contributed by atoms with E-state index in [-0.39, 0.29) is 6.41 Å². The maximum absolute atomic E-state index is 9.32. The van der Waals surface area contributed by atoms with E-state index in [0.717, 1.165) is 20.2 Å². The lowest BCUT2D eigenvalue weighted by molar-refractivity contribution is -0.106. The lowest BCUT2D eigenvalue weighted by Gasteiger charge is -2.05. The fourth-order valence-electron chi connectivity index (χ4n) is 1.78. The van der Waals surface area contributed by atoms with E-state index in [2.05, 4.69) is 11.8 Å². The third-order valence-electron chi connectivity index (χ3n) is 2.55. The number of amides is 1. The van der Waals surface area contributed by atoms with Crippen molar-refractivity contribution in [2.24, 2.45) is 5.73 Å². The van der Waals surface area contributed by atoms with Crippen molar-refractivity contribution in [2.75, 3.05) is 6.26 Å². The first-order valence-corrected chi connectivity index (χ1v) is 8.48. The molecule has 1 aromatic carbocycles. The van der Waals surface area contributed by atoms with Gasteiger partial charge in [-0.2, -0.15) is 5.26 Å². The van der Waals surface area contributed by atoms with Gasteiger partial charge >= 0.3 is 0 Å². The summed E-state index contributed by atoms with van der Waals surface area (Å²) in [6.45, 7) is 2.01. The number of primary amides is 1. The minimum Gasteiger partial charge on any atom is -0.372 e. The van der Waals surface area contributed by atoms with Gasteiger partial charge in [-0.1, -0.05) is 29.3 Å². The maximum Gasteiger partial charge on any atom is 0.204 e. The van der Waals surface area contributed by atoms with E-state index in [1.807, 2.05) is 19.2 Å². The number of benzene rings is 1. The molecule has 1 aromatic heterocycles. The van der Waals surface area contributed by atoms with Gasteiger partial charge in [-0.25, -0.2) is 0 Å². The molecule has 1 heterocycles. The number of hydrogen-bond donors (Lipinski definition) is 1. The molecule has 2 aromatic rings. The second kappa shape index (κ2) is 8.30. The first-order chi connectivity index (χ1) is 9.99. The molecule has 0 saturated carbocycles. The van der Waals surface area contributed by atoms with Crippen LogP contribution in [-0.4, -0.2) is 12.7 Å². The third-order valence-corrected chi connectivity index (χ3v) is 5.32. The van der Waals surface area contributed by atoms with Crippen LogP contribution in [0.3, 0.4) is 0 Å². The molecule has 0 saturated heterocycles. The predicted molar refractivity (Wildman–Crippen MR) is 91.3 cm³/mol. The molecule has 0 unspecified atom stereocenters. The quantitative estimate of drug-likeness (QED) is 0.623. The zero-order valence-electron chi connectivity index (χ0n) is 11.3. The van der Waals surface area contributed by atoms with Gasteiger partial charge in [0.2, 0.25) is 6.41 Å². The van der Waals surface area contributed by atoms with Gasteiger partial charge in [-0.3, -0.25) is 4.79 Å². The molecule has 2 rings (SSSR count). The molecule has 0 atom stereocenters. The minimum absolute atomic E-state index is 0.250. The molecule has 110 valence electrons. The van der Waals surface area contributed by atoms with Crippen LogP contribution in [0.1, 0.15) is 10.4 Å². The molecule has 0 fully saturated rings. The number of thioether (sulfide) groups is 1. The number of thiophene rings is 1. The summed E-state index contributed by atoms with van der Waals surface area (Å²) in [7, 11) is 0. The average Bonchev–Trinajstić information content (AvgIpc) is 2.76. The molecule has 7 heteroatoms. The minimum atomic E-state index is 0.250. The van der Waals surface area contributed by atoms with Crippen molar-refractivity contribution in [3.8, 4) is 17.2 Å². The Hall–Kier alpha value is -1.19. The van der Waals surface area contributed by atoms with E-state index in [4.69, 9.17) is 28.0 Å². The highest BCUT2D eigenvalue weighted by atomic mass is 35.5. The summed E-state index contributed by atoms with van der Waals surface area (Å²) in [6.07, 6.45) is 2.22. The number of halogens is 2. The number of aryl methyl sites for hydroxylation is 1. The summed E-state index contributed by atoms with van der Waals surface area (Å²) in [4.78, 5) is 9.68. The molecule has 3 nitrogen and oxygen atoms in total. The molecule has 0 aliphatic heterocycles. The lowest BCUT2D eigenvalue weighted by Crippen LogP contribution is -1.84. The van der Waals surface area contributed by atoms with Gasteiger partial charge in [0.05, 0.1) is 9.77 Å². The molecule has 2 N–H and O–H groups in total. The Balaban J connectivity index is 0.000000677. The van der Waals surface area contributed by atoms with Crippen molar-refractivity contribution in [1.29, 1.82) is 5.26 Å². The fraction of sp³-hybridized carbons (Fsp3) is 0.143. The highest BCUT2D eigenvalue weighted by Crippen LogP contribution is 2.42. The predicted octanol–water partition coefficient (Wildman–Crippen LogP) is 4.73. The Morgan fingerprint density at radius 2 is 2.05 bits per heavy atom. The van der Waals surface area contributed by atoms with Crippen LogP contribution in [-0.2, 0) is 4.79 Å². The summed E-state index contributed by atoms with van der Waals surface area (Å²) in [5.41, 5.74) is 6.66. The lowest BCUT2D eigenvalue weighted by atomic mass is 10.0. The van der Waals surface area contributed by atoms with Gasteiger partial charge in [-0.15, -0.1) is 23.1 Å². The summed E-state index contributed by atoms with van der Waals surface area (Å²) >= 11 is 15.3. The van der Waals surface area contributed by atoms with Gasteiger partial charge in [0, 0.05) is 26.0 Å². The number of carbonyl (C=O) groups excluding carboxylic acids is 1. The Labute approximate surface area is 141 Å². The molecule has 21 heavy (non-hydrogen) atoms. The smallest absolute Gasteiger partial charge is 0.204 e. The number of hydrogen-bond acceptors (Lipinski definition) is 4. The van der Waals surface area contributed by atoms with Gasteiger partial charge in [-0.05, 0) is 25.3 Å². The summed E-state index contributed by atoms with van der Waals surface area (Å²) in [6, 6.07) is 7.64. The fourth-order valence-corrected chi connectivity index (χ4v) is 4.19. The molecule has 0 aliphatic rings. The van der Waals surface area contributed by atoms with Crippen molar-refractivity contribution in [3.63, 3.8) is 0 Å². The average molecular weight is 359 g/mol. The standard InChI is InChI=1S/C13H9Cl2NS2.CH3NO/c1-7-12(10(6-16)13(17-2)18-7)9-4-3-8(14)5-11(9)15;2-1-3/h3-5H,1-2H3;1H,(H2,2,3). The van der Waals surface area contributed by atoms with Gasteiger partial charge in [0.1, 0.15) is 6.07 Å². The topological polar surface area (TPSA) is 66.9 Å². The Morgan fingerprint density at radius 3 is 2.52 bits per heavy atom. The van der Waals surface area contributed by atoms with E-state index in [1.165, 1.54) is 0 Å². The number of nitrogens with two attached hydrogens (primary N) is 1. The second-order valence-corrected chi connectivity index (χ2v) is 6.92. The molecular formula is C14H12Cl2N2OS2. The summed E-state index contributed by atoms with van der Waals surface area (Å²) in [5, 5.41) is 10.5. The Morgan fingerprint density at radius 1 is 1.43 bits per heavy atom. The van der Waals surface area contributed by atoms with Crippen molar-refractivity contribution >= 4 is 52.7 Å². The Kier molecular flexibility index (Phi) is 7.06. The zero-order valence-corrected chi connectivity index (χ0v) is 14.5. The van der Waals surface area contributed by atoms with Crippen LogP contribution in [0.25, 0.3) is 11.1 Å². The van der Waals surface area contributed by atoms with E-state index in [9.17, 15) is 5.26 Å². The van der Waals surface area contributed by atoms with Crippen molar-refractivity contribution < 1.29 is 4.79 Å². The van der Waals surface area contributed by atoms with E-state index >= 15 is 0 Å². The number of nitriles is 1. The second-order valence-electron chi connectivity index (χ2n) is 3.77. The highest BCUT2D eigenvalue weighted by molar-refractivity contribution is 8.00. The van der Waals surface area contributed by atoms with Crippen LogP contribution in [0.2, 0.25) is 10.0 Å².